The van der Waals surface area contributed by atoms with Crippen molar-refractivity contribution in [3.8, 4) is 0 Å². The molecule has 0 fully saturated rings. The third-order valence-corrected chi connectivity index (χ3v) is 1.58. The number of likely N-dealkylation sites (N-methyl/N-ethyl adjacent to an activating group) is 1. The molecule has 0 aliphatic heterocycles. The molecule has 0 atom stereocenters. The molecule has 68 valence electrons. The van der Waals surface area contributed by atoms with E-state index in [9.17, 15) is 0 Å². The first kappa shape index (κ1) is 11.2. The normalized spacial score (nSPS) is 13.2. The zero-order chi connectivity index (χ0) is 9.40. The van der Waals surface area contributed by atoms with Gasteiger partial charge in [0.05, 0.1) is 0 Å². The number of nitrogens with one attached hydrogen (secondary N) is 1. The van der Waals surface area contributed by atoms with Crippen molar-refractivity contribution in [1.82, 2.24) is 5.32 Å². The van der Waals surface area contributed by atoms with E-state index in [1.807, 2.05) is 13.1 Å². The van der Waals surface area contributed by atoms with Crippen LogP contribution in [-0.4, -0.2) is 13.6 Å². The van der Waals surface area contributed by atoms with Gasteiger partial charge in [0, 0.05) is 6.54 Å². The summed E-state index contributed by atoms with van der Waals surface area (Å²) < 4.78 is 0. The summed E-state index contributed by atoms with van der Waals surface area (Å²) in [4.78, 5) is 0. The minimum absolute atomic E-state index is 0.887. The van der Waals surface area contributed by atoms with Crippen LogP contribution in [0, 0.1) is 0 Å². The molecule has 0 spiro atoms. The van der Waals surface area contributed by atoms with Gasteiger partial charge in [0.1, 0.15) is 0 Å². The SMILES string of the molecule is C=C/C(=C\C(C)=C/CC)CNC. The monoisotopic (exact) mass is 165 g/mol. The molecule has 0 saturated carbocycles. The fourth-order valence-corrected chi connectivity index (χ4v) is 1.06. The molecule has 0 amide bonds. The molecule has 0 aromatic carbocycles. The molecule has 0 aliphatic carbocycles. The van der Waals surface area contributed by atoms with Crippen LogP contribution < -0.4 is 5.32 Å². The van der Waals surface area contributed by atoms with Crippen LogP contribution in [0.2, 0.25) is 0 Å². The van der Waals surface area contributed by atoms with Crippen LogP contribution in [0.4, 0.5) is 0 Å². The van der Waals surface area contributed by atoms with Gasteiger partial charge in [-0.3, -0.25) is 0 Å². The summed E-state index contributed by atoms with van der Waals surface area (Å²) >= 11 is 0. The van der Waals surface area contributed by atoms with E-state index in [0.717, 1.165) is 13.0 Å². The Kier molecular flexibility index (Phi) is 6.39. The van der Waals surface area contributed by atoms with Gasteiger partial charge in [-0.05, 0) is 26.0 Å². The first-order chi connectivity index (χ1) is 5.74. The first-order valence-corrected chi connectivity index (χ1v) is 4.39. The second-order valence-electron chi connectivity index (χ2n) is 2.81. The molecule has 12 heavy (non-hydrogen) atoms. The Bertz CT molecular complexity index is 187. The number of hydrogen-bond acceptors (Lipinski definition) is 1. The van der Waals surface area contributed by atoms with Gasteiger partial charge in [0.25, 0.3) is 0 Å². The Morgan fingerprint density at radius 1 is 1.50 bits per heavy atom. The fourth-order valence-electron chi connectivity index (χ4n) is 1.06. The molecule has 0 aliphatic rings. The molecule has 0 aromatic rings. The summed E-state index contributed by atoms with van der Waals surface area (Å²) in [5.74, 6) is 0. The van der Waals surface area contributed by atoms with E-state index in [0.29, 0.717) is 0 Å². The quantitative estimate of drug-likeness (QED) is 0.618. The second kappa shape index (κ2) is 6.86. The maximum absolute atomic E-state index is 3.76. The lowest BCUT2D eigenvalue weighted by atomic mass is 10.1. The van der Waals surface area contributed by atoms with Gasteiger partial charge in [0.2, 0.25) is 0 Å². The van der Waals surface area contributed by atoms with E-state index in [1.165, 1.54) is 11.1 Å². The van der Waals surface area contributed by atoms with Crippen molar-refractivity contribution in [2.75, 3.05) is 13.6 Å². The molecule has 1 N–H and O–H groups in total. The lowest BCUT2D eigenvalue weighted by molar-refractivity contribution is 0.895. The Morgan fingerprint density at radius 2 is 2.17 bits per heavy atom. The molecule has 1 heteroatoms. The van der Waals surface area contributed by atoms with Crippen molar-refractivity contribution in [3.05, 3.63) is 36.0 Å². The highest BCUT2D eigenvalue weighted by molar-refractivity contribution is 5.28. The Morgan fingerprint density at radius 3 is 2.58 bits per heavy atom. The van der Waals surface area contributed by atoms with Crippen LogP contribution in [0.5, 0.6) is 0 Å². The molecular formula is C11H19N. The average molecular weight is 165 g/mol. The predicted octanol–water partition coefficient (Wildman–Crippen LogP) is 2.67. The fraction of sp³-hybridized carbons (Fsp3) is 0.455. The lowest BCUT2D eigenvalue weighted by Crippen LogP contribution is -2.09. The third-order valence-electron chi connectivity index (χ3n) is 1.58. The summed E-state index contributed by atoms with van der Waals surface area (Å²) in [6.45, 7) is 8.90. The predicted molar refractivity (Wildman–Crippen MR) is 56.3 cm³/mol. The van der Waals surface area contributed by atoms with E-state index in [2.05, 4.69) is 37.9 Å². The van der Waals surface area contributed by atoms with Crippen LogP contribution >= 0.6 is 0 Å². The Hall–Kier alpha value is -0.820. The van der Waals surface area contributed by atoms with Gasteiger partial charge in [-0.15, -0.1) is 0 Å². The van der Waals surface area contributed by atoms with Crippen molar-refractivity contribution in [1.29, 1.82) is 0 Å². The van der Waals surface area contributed by atoms with Crippen molar-refractivity contribution in [2.45, 2.75) is 20.3 Å². The molecular weight excluding hydrogens is 146 g/mol. The zero-order valence-electron chi connectivity index (χ0n) is 8.35. The van der Waals surface area contributed by atoms with Gasteiger partial charge in [-0.2, -0.15) is 0 Å². The lowest BCUT2D eigenvalue weighted by Gasteiger charge is -2.00. The number of allylic oxidation sites excluding steroid dienone is 3. The highest BCUT2D eigenvalue weighted by Gasteiger charge is 1.89. The first-order valence-electron chi connectivity index (χ1n) is 4.39. The van der Waals surface area contributed by atoms with E-state index in [4.69, 9.17) is 0 Å². The molecule has 0 bridgehead atoms. The van der Waals surface area contributed by atoms with Crippen LogP contribution in [0.1, 0.15) is 20.3 Å². The summed E-state index contributed by atoms with van der Waals surface area (Å²) in [5.41, 5.74) is 2.54. The van der Waals surface area contributed by atoms with Gasteiger partial charge in [0.15, 0.2) is 0 Å². The standard InChI is InChI=1S/C11H19N/c1-5-7-10(3)8-11(6-2)9-12-4/h6-8,12H,2,5,9H2,1,3-4H3/b10-7-,11-8+. The zero-order valence-corrected chi connectivity index (χ0v) is 8.35. The summed E-state index contributed by atoms with van der Waals surface area (Å²) in [6, 6.07) is 0. The highest BCUT2D eigenvalue weighted by Crippen LogP contribution is 2.03. The summed E-state index contributed by atoms with van der Waals surface area (Å²) in [7, 11) is 1.94. The molecule has 0 aromatic heterocycles. The Balaban J connectivity index is 4.26. The molecule has 0 saturated heterocycles. The smallest absolute Gasteiger partial charge is 0.0202 e. The average Bonchev–Trinajstić information content (AvgIpc) is 2.04. The summed E-state index contributed by atoms with van der Waals surface area (Å²) in [6.07, 6.45) is 7.35. The van der Waals surface area contributed by atoms with E-state index < -0.39 is 0 Å². The van der Waals surface area contributed by atoms with Crippen LogP contribution in [0.15, 0.2) is 36.0 Å². The highest BCUT2D eigenvalue weighted by atomic mass is 14.8. The van der Waals surface area contributed by atoms with E-state index in [1.54, 1.807) is 0 Å². The van der Waals surface area contributed by atoms with E-state index >= 15 is 0 Å². The largest absolute Gasteiger partial charge is 0.316 e. The number of rotatable bonds is 5. The minimum atomic E-state index is 0.887. The second-order valence-corrected chi connectivity index (χ2v) is 2.81. The van der Waals surface area contributed by atoms with Crippen LogP contribution in [-0.2, 0) is 0 Å². The summed E-state index contributed by atoms with van der Waals surface area (Å²) in [5, 5.41) is 3.10. The van der Waals surface area contributed by atoms with Crippen molar-refractivity contribution < 1.29 is 0 Å². The van der Waals surface area contributed by atoms with Gasteiger partial charge in [-0.1, -0.05) is 37.3 Å². The van der Waals surface area contributed by atoms with Crippen molar-refractivity contribution in [2.24, 2.45) is 0 Å². The van der Waals surface area contributed by atoms with Gasteiger partial charge in [-0.25, -0.2) is 0 Å². The van der Waals surface area contributed by atoms with Crippen molar-refractivity contribution >= 4 is 0 Å². The molecule has 0 unspecified atom stereocenters. The maximum Gasteiger partial charge on any atom is 0.0202 e. The number of hydrogen-bond donors (Lipinski definition) is 1. The van der Waals surface area contributed by atoms with Crippen molar-refractivity contribution in [3.63, 3.8) is 0 Å². The van der Waals surface area contributed by atoms with Gasteiger partial charge >= 0.3 is 0 Å². The van der Waals surface area contributed by atoms with Crippen LogP contribution in [0.3, 0.4) is 0 Å². The van der Waals surface area contributed by atoms with E-state index in [-0.39, 0.29) is 0 Å². The van der Waals surface area contributed by atoms with Crippen LogP contribution in [0.25, 0.3) is 0 Å². The molecule has 0 radical (unpaired) electrons. The molecule has 1 nitrogen and oxygen atoms in total. The molecule has 0 rings (SSSR count). The topological polar surface area (TPSA) is 12.0 Å². The Labute approximate surface area is 75.9 Å². The maximum atomic E-state index is 3.76. The minimum Gasteiger partial charge on any atom is -0.316 e. The molecule has 0 heterocycles. The third kappa shape index (κ3) is 4.91. The van der Waals surface area contributed by atoms with Gasteiger partial charge < -0.3 is 5.32 Å².